The molecule has 0 unspecified atom stereocenters. The number of nitrogens with one attached hydrogen (secondary N) is 1. The van der Waals surface area contributed by atoms with Gasteiger partial charge in [0.15, 0.2) is 0 Å². The Balaban J connectivity index is 3.30. The van der Waals surface area contributed by atoms with Crippen LogP contribution in [-0.2, 0) is 9.59 Å². The van der Waals surface area contributed by atoms with Gasteiger partial charge in [0.25, 0.3) is 0 Å². The van der Waals surface area contributed by atoms with Crippen LogP contribution in [0.15, 0.2) is 0 Å². The van der Waals surface area contributed by atoms with Gasteiger partial charge in [-0.1, -0.05) is 13.3 Å². The predicted molar refractivity (Wildman–Crippen MR) is 42.6 cm³/mol. The molecule has 1 N–H and O–H groups in total. The lowest BCUT2D eigenvalue weighted by Gasteiger charge is -1.99. The molecule has 0 atom stereocenters. The SMILES string of the molecule is CCC[CH]NC(=O)CC(C)=O. The maximum Gasteiger partial charge on any atom is 0.227 e. The number of ketones is 1. The minimum Gasteiger partial charge on any atom is -0.351 e. The van der Waals surface area contributed by atoms with E-state index < -0.39 is 0 Å². The molecule has 63 valence electrons. The second-order valence-corrected chi connectivity index (χ2v) is 2.44. The molecule has 0 spiro atoms. The van der Waals surface area contributed by atoms with Crippen LogP contribution >= 0.6 is 0 Å². The Bertz CT molecular complexity index is 143. The fourth-order valence-electron chi connectivity index (χ4n) is 0.607. The van der Waals surface area contributed by atoms with Crippen molar-refractivity contribution in [3.63, 3.8) is 0 Å². The first-order valence-corrected chi connectivity index (χ1v) is 3.77. The Morgan fingerprint density at radius 2 is 2.09 bits per heavy atom. The molecule has 0 heterocycles. The molecule has 0 aliphatic carbocycles. The Hall–Kier alpha value is -0.860. The zero-order chi connectivity index (χ0) is 8.69. The van der Waals surface area contributed by atoms with Crippen LogP contribution < -0.4 is 5.32 Å². The van der Waals surface area contributed by atoms with E-state index in [2.05, 4.69) is 5.32 Å². The van der Waals surface area contributed by atoms with Gasteiger partial charge in [-0.15, -0.1) is 0 Å². The first-order valence-electron chi connectivity index (χ1n) is 3.77. The summed E-state index contributed by atoms with van der Waals surface area (Å²) in [6.07, 6.45) is 1.84. The number of carbonyl (C=O) groups is 2. The molecular weight excluding hydrogens is 142 g/mol. The van der Waals surface area contributed by atoms with Crippen molar-refractivity contribution in [3.8, 4) is 0 Å². The molecule has 1 amide bonds. The molecular formula is C8H14NO2. The van der Waals surface area contributed by atoms with Gasteiger partial charge < -0.3 is 5.32 Å². The third kappa shape index (κ3) is 7.03. The Morgan fingerprint density at radius 1 is 1.45 bits per heavy atom. The van der Waals surface area contributed by atoms with Gasteiger partial charge in [0.2, 0.25) is 5.91 Å². The number of hydrogen-bond acceptors (Lipinski definition) is 2. The van der Waals surface area contributed by atoms with E-state index in [1.165, 1.54) is 6.92 Å². The molecule has 0 fully saturated rings. The highest BCUT2D eigenvalue weighted by Crippen LogP contribution is 1.89. The normalized spacial score (nSPS) is 9.27. The van der Waals surface area contributed by atoms with Gasteiger partial charge in [-0.2, -0.15) is 0 Å². The maximum atomic E-state index is 10.8. The fourth-order valence-corrected chi connectivity index (χ4v) is 0.607. The first-order chi connectivity index (χ1) is 5.16. The molecule has 11 heavy (non-hydrogen) atoms. The fraction of sp³-hybridized carbons (Fsp3) is 0.625. The van der Waals surface area contributed by atoms with Crippen LogP contribution in [0.1, 0.15) is 33.1 Å². The Morgan fingerprint density at radius 3 is 2.55 bits per heavy atom. The van der Waals surface area contributed by atoms with Crippen molar-refractivity contribution in [1.29, 1.82) is 0 Å². The molecule has 0 aromatic heterocycles. The Labute approximate surface area is 67.2 Å². The van der Waals surface area contributed by atoms with Crippen LogP contribution in [0.4, 0.5) is 0 Å². The molecule has 3 heteroatoms. The van der Waals surface area contributed by atoms with Crippen molar-refractivity contribution < 1.29 is 9.59 Å². The summed E-state index contributed by atoms with van der Waals surface area (Å²) in [5.41, 5.74) is 0. The molecule has 0 saturated carbocycles. The highest BCUT2D eigenvalue weighted by Gasteiger charge is 2.02. The monoisotopic (exact) mass is 156 g/mol. The molecule has 0 rings (SSSR count). The van der Waals surface area contributed by atoms with E-state index in [0.29, 0.717) is 0 Å². The summed E-state index contributed by atoms with van der Waals surface area (Å²) in [6.45, 7) is 5.11. The standard InChI is InChI=1S/C8H14NO2/c1-3-4-5-9-8(11)6-7(2)10/h5H,3-4,6H2,1-2H3,(H,9,11). The molecule has 0 aromatic carbocycles. The van der Waals surface area contributed by atoms with E-state index in [0.717, 1.165) is 12.8 Å². The average molecular weight is 156 g/mol. The molecule has 3 nitrogen and oxygen atoms in total. The number of Topliss-reactive ketones (excluding diaryl/α,β-unsaturated/α-hetero) is 1. The van der Waals surface area contributed by atoms with Crippen molar-refractivity contribution in [2.75, 3.05) is 0 Å². The number of hydrogen-bond donors (Lipinski definition) is 1. The molecule has 0 aliphatic rings. The zero-order valence-corrected chi connectivity index (χ0v) is 7.02. The molecule has 1 radical (unpaired) electrons. The second-order valence-electron chi connectivity index (χ2n) is 2.44. The first kappa shape index (κ1) is 10.1. The van der Waals surface area contributed by atoms with Crippen molar-refractivity contribution in [3.05, 3.63) is 6.54 Å². The van der Waals surface area contributed by atoms with E-state index in [4.69, 9.17) is 0 Å². The summed E-state index contributed by atoms with van der Waals surface area (Å²) >= 11 is 0. The lowest BCUT2D eigenvalue weighted by Crippen LogP contribution is -2.22. The van der Waals surface area contributed by atoms with E-state index in [1.807, 2.05) is 6.92 Å². The van der Waals surface area contributed by atoms with Crippen LogP contribution in [0.3, 0.4) is 0 Å². The number of unbranched alkanes of at least 4 members (excludes halogenated alkanes) is 1. The van der Waals surface area contributed by atoms with Gasteiger partial charge in [0.05, 0.1) is 6.42 Å². The van der Waals surface area contributed by atoms with Crippen LogP contribution in [0.25, 0.3) is 0 Å². The highest BCUT2D eigenvalue weighted by molar-refractivity contribution is 5.96. The second kappa shape index (κ2) is 5.89. The summed E-state index contributed by atoms with van der Waals surface area (Å²) < 4.78 is 0. The molecule has 0 bridgehead atoms. The van der Waals surface area contributed by atoms with E-state index in [-0.39, 0.29) is 18.1 Å². The van der Waals surface area contributed by atoms with Crippen molar-refractivity contribution in [2.24, 2.45) is 0 Å². The number of rotatable bonds is 5. The Kier molecular flexibility index (Phi) is 5.43. The van der Waals surface area contributed by atoms with Crippen molar-refractivity contribution >= 4 is 11.7 Å². The lowest BCUT2D eigenvalue weighted by atomic mass is 10.3. The van der Waals surface area contributed by atoms with Crippen molar-refractivity contribution in [2.45, 2.75) is 33.1 Å². The topological polar surface area (TPSA) is 46.2 Å². The predicted octanol–water partition coefficient (Wildman–Crippen LogP) is 1.04. The third-order valence-electron chi connectivity index (χ3n) is 1.11. The van der Waals surface area contributed by atoms with Gasteiger partial charge in [0.1, 0.15) is 5.78 Å². The van der Waals surface area contributed by atoms with E-state index in [1.54, 1.807) is 6.54 Å². The van der Waals surface area contributed by atoms with Gasteiger partial charge in [-0.25, -0.2) is 0 Å². The van der Waals surface area contributed by atoms with Crippen LogP contribution in [-0.4, -0.2) is 11.7 Å². The van der Waals surface area contributed by atoms with Crippen LogP contribution in [0.2, 0.25) is 0 Å². The minimum atomic E-state index is -0.217. The van der Waals surface area contributed by atoms with Gasteiger partial charge in [0, 0.05) is 6.54 Å². The maximum absolute atomic E-state index is 10.8. The summed E-state index contributed by atoms with van der Waals surface area (Å²) in [6, 6.07) is 0. The summed E-state index contributed by atoms with van der Waals surface area (Å²) in [7, 11) is 0. The van der Waals surface area contributed by atoms with Gasteiger partial charge >= 0.3 is 0 Å². The summed E-state index contributed by atoms with van der Waals surface area (Å²) in [5.74, 6) is -0.321. The van der Waals surface area contributed by atoms with Crippen LogP contribution in [0.5, 0.6) is 0 Å². The van der Waals surface area contributed by atoms with Crippen LogP contribution in [0, 0.1) is 6.54 Å². The largest absolute Gasteiger partial charge is 0.351 e. The van der Waals surface area contributed by atoms with Crippen molar-refractivity contribution in [1.82, 2.24) is 5.32 Å². The molecule has 0 saturated heterocycles. The highest BCUT2D eigenvalue weighted by atomic mass is 16.2. The molecule has 0 aliphatic heterocycles. The summed E-state index contributed by atoms with van der Waals surface area (Å²) in [5, 5.41) is 2.53. The third-order valence-corrected chi connectivity index (χ3v) is 1.11. The zero-order valence-electron chi connectivity index (χ0n) is 7.02. The summed E-state index contributed by atoms with van der Waals surface area (Å²) in [4.78, 5) is 21.2. The van der Waals surface area contributed by atoms with Gasteiger partial charge in [-0.05, 0) is 13.3 Å². The molecule has 0 aromatic rings. The smallest absolute Gasteiger partial charge is 0.227 e. The van der Waals surface area contributed by atoms with Gasteiger partial charge in [-0.3, -0.25) is 9.59 Å². The van der Waals surface area contributed by atoms with E-state index in [9.17, 15) is 9.59 Å². The van der Waals surface area contributed by atoms with E-state index >= 15 is 0 Å². The quantitative estimate of drug-likeness (QED) is 0.477. The minimum absolute atomic E-state index is 0.0137. The average Bonchev–Trinajstić information content (AvgIpc) is 1.86. The number of amides is 1. The lowest BCUT2D eigenvalue weighted by molar-refractivity contribution is -0.126. The number of carbonyl (C=O) groups excluding carboxylic acids is 2.